The molecule has 0 heterocycles. The second kappa shape index (κ2) is 2.55. The molecule has 0 saturated carbocycles. The Balaban J connectivity index is 3.15. The summed E-state index contributed by atoms with van der Waals surface area (Å²) in [6.07, 6.45) is 2.31. The molecule has 0 aliphatic heterocycles. The Bertz CT molecular complexity index is 48.1. The predicted molar refractivity (Wildman–Crippen MR) is 33.9 cm³/mol. The van der Waals surface area contributed by atoms with Gasteiger partial charge in [-0.25, -0.2) is 0 Å². The molecule has 0 radical (unpaired) electrons. The molecule has 0 aromatic carbocycles. The van der Waals surface area contributed by atoms with Gasteiger partial charge in [0.1, 0.15) is 0 Å². The number of hydrogen-bond acceptors (Lipinski definition) is 2. The van der Waals surface area contributed by atoms with E-state index >= 15 is 0 Å². The molecule has 0 unspecified atom stereocenters. The summed E-state index contributed by atoms with van der Waals surface area (Å²) in [5, 5.41) is 0. The Morgan fingerprint density at radius 1 is 1.43 bits per heavy atom. The Morgan fingerprint density at radius 2 is 1.86 bits per heavy atom. The van der Waals surface area contributed by atoms with Gasteiger partial charge in [0.25, 0.3) is 0 Å². The van der Waals surface area contributed by atoms with E-state index in [1.165, 1.54) is 6.26 Å². The molecule has 0 amide bonds. The molecule has 0 aromatic heterocycles. The van der Waals surface area contributed by atoms with Crippen LogP contribution >= 0.6 is 10.6 Å². The van der Waals surface area contributed by atoms with Crippen LogP contribution in [0, 0.1) is 0 Å². The van der Waals surface area contributed by atoms with E-state index in [-0.39, 0.29) is 0 Å². The third-order valence-corrected chi connectivity index (χ3v) is 1.77. The summed E-state index contributed by atoms with van der Waals surface area (Å²) in [4.78, 5) is 0. The van der Waals surface area contributed by atoms with E-state index in [4.69, 9.17) is 9.11 Å². The maximum atomic E-state index is 8.66. The highest BCUT2D eigenvalue weighted by molar-refractivity contribution is 8.23. The van der Waals surface area contributed by atoms with Gasteiger partial charge in [-0.15, -0.1) is 0 Å². The zero-order valence-electron chi connectivity index (χ0n) is 4.72. The topological polar surface area (TPSA) is 40.5 Å². The zero-order chi connectivity index (χ0) is 5.91. The largest absolute Gasteiger partial charge is 0.300 e. The van der Waals surface area contributed by atoms with Gasteiger partial charge in [-0.1, -0.05) is 6.92 Å². The summed E-state index contributed by atoms with van der Waals surface area (Å²) >= 11 is 0. The lowest BCUT2D eigenvalue weighted by atomic mass is 10.6. The number of hydrogen-bond donors (Lipinski definition) is 2. The summed E-state index contributed by atoms with van der Waals surface area (Å²) in [5.41, 5.74) is 0. The van der Waals surface area contributed by atoms with Crippen molar-refractivity contribution >= 4 is 10.6 Å². The smallest absolute Gasteiger partial charge is 0.0368 e. The second-order valence-corrected chi connectivity index (χ2v) is 4.09. The minimum Gasteiger partial charge on any atom is -0.300 e. The molecule has 46 valence electrons. The Hall–Kier alpha value is 0.270. The molecular weight excluding hydrogens is 112 g/mol. The number of rotatable bonds is 2. The van der Waals surface area contributed by atoms with Crippen molar-refractivity contribution in [2.45, 2.75) is 13.3 Å². The van der Waals surface area contributed by atoms with Gasteiger partial charge in [0, 0.05) is 12.0 Å². The van der Waals surface area contributed by atoms with E-state index in [2.05, 4.69) is 0 Å². The second-order valence-electron chi connectivity index (χ2n) is 1.70. The van der Waals surface area contributed by atoms with Crippen LogP contribution < -0.4 is 0 Å². The van der Waals surface area contributed by atoms with Crippen molar-refractivity contribution in [3.63, 3.8) is 0 Å². The first-order chi connectivity index (χ1) is 3.06. The van der Waals surface area contributed by atoms with Crippen molar-refractivity contribution in [2.24, 2.45) is 0 Å². The monoisotopic (exact) mass is 124 g/mol. The van der Waals surface area contributed by atoms with Crippen LogP contribution in [-0.4, -0.2) is 21.1 Å². The summed E-state index contributed by atoms with van der Waals surface area (Å²) < 4.78 is 17.3. The van der Waals surface area contributed by atoms with Crippen molar-refractivity contribution in [3.8, 4) is 0 Å². The maximum absolute atomic E-state index is 8.66. The fourth-order valence-electron chi connectivity index (χ4n) is 0.387. The van der Waals surface area contributed by atoms with E-state index in [0.717, 1.165) is 6.42 Å². The first kappa shape index (κ1) is 7.27. The minimum absolute atomic E-state index is 0.535. The molecule has 0 spiro atoms. The highest BCUT2D eigenvalue weighted by Gasteiger charge is 1.98. The molecule has 0 bridgehead atoms. The summed E-state index contributed by atoms with van der Waals surface area (Å²) in [5.74, 6) is 0.535. The molecule has 0 aromatic rings. The highest BCUT2D eigenvalue weighted by atomic mass is 32.3. The summed E-state index contributed by atoms with van der Waals surface area (Å²) in [6, 6.07) is 0. The first-order valence-electron chi connectivity index (χ1n) is 2.27. The van der Waals surface area contributed by atoms with E-state index in [1.807, 2.05) is 6.92 Å². The Kier molecular flexibility index (Phi) is 2.64. The molecule has 0 saturated heterocycles. The summed E-state index contributed by atoms with van der Waals surface area (Å²) in [7, 11) is -2.17. The third kappa shape index (κ3) is 6.27. The quantitative estimate of drug-likeness (QED) is 0.589. The van der Waals surface area contributed by atoms with Crippen LogP contribution in [0.4, 0.5) is 0 Å². The molecule has 0 rings (SSSR count). The van der Waals surface area contributed by atoms with Crippen LogP contribution in [0.15, 0.2) is 0 Å². The van der Waals surface area contributed by atoms with E-state index in [9.17, 15) is 0 Å². The molecule has 0 aliphatic rings. The van der Waals surface area contributed by atoms with Crippen LogP contribution in [0.3, 0.4) is 0 Å². The molecular formula is C4H12O2S. The van der Waals surface area contributed by atoms with Crippen molar-refractivity contribution in [2.75, 3.05) is 12.0 Å². The normalized spacial score (nSPS) is 14.3. The van der Waals surface area contributed by atoms with Crippen molar-refractivity contribution in [1.82, 2.24) is 0 Å². The SMILES string of the molecule is CCCS(C)(O)O. The molecule has 0 aliphatic carbocycles. The van der Waals surface area contributed by atoms with Crippen molar-refractivity contribution in [3.05, 3.63) is 0 Å². The van der Waals surface area contributed by atoms with Crippen LogP contribution in [0.2, 0.25) is 0 Å². The van der Waals surface area contributed by atoms with Crippen molar-refractivity contribution < 1.29 is 9.11 Å². The Morgan fingerprint density at radius 3 is 1.86 bits per heavy atom. The van der Waals surface area contributed by atoms with Gasteiger partial charge in [-0.05, 0) is 6.42 Å². The molecule has 2 N–H and O–H groups in total. The molecule has 7 heavy (non-hydrogen) atoms. The predicted octanol–water partition coefficient (Wildman–Crippen LogP) is 1.78. The maximum Gasteiger partial charge on any atom is 0.0368 e. The van der Waals surface area contributed by atoms with Gasteiger partial charge in [0.05, 0.1) is 0 Å². The first-order valence-corrected chi connectivity index (χ1v) is 4.39. The molecule has 0 fully saturated rings. The fraction of sp³-hybridized carbons (Fsp3) is 1.00. The van der Waals surface area contributed by atoms with Crippen molar-refractivity contribution in [1.29, 1.82) is 0 Å². The molecule has 0 atom stereocenters. The fourth-order valence-corrected chi connectivity index (χ4v) is 1.16. The molecule has 3 heteroatoms. The van der Waals surface area contributed by atoms with Gasteiger partial charge in [-0.2, -0.15) is 10.6 Å². The van der Waals surface area contributed by atoms with Crippen LogP contribution in [-0.2, 0) is 0 Å². The minimum atomic E-state index is -2.17. The van der Waals surface area contributed by atoms with Crippen LogP contribution in [0.1, 0.15) is 13.3 Å². The summed E-state index contributed by atoms with van der Waals surface area (Å²) in [6.45, 7) is 1.93. The lowest BCUT2D eigenvalue weighted by Crippen LogP contribution is -1.97. The standard InChI is InChI=1S/C4H12O2S/c1-3-4-7(2,5)6/h5-6H,3-4H2,1-2H3. The van der Waals surface area contributed by atoms with Gasteiger partial charge < -0.3 is 0 Å². The van der Waals surface area contributed by atoms with Gasteiger partial charge in [-0.3, -0.25) is 9.11 Å². The average molecular weight is 124 g/mol. The van der Waals surface area contributed by atoms with E-state index < -0.39 is 10.6 Å². The van der Waals surface area contributed by atoms with Gasteiger partial charge >= 0.3 is 0 Å². The zero-order valence-corrected chi connectivity index (χ0v) is 5.53. The van der Waals surface area contributed by atoms with Gasteiger partial charge in [0.2, 0.25) is 0 Å². The lowest BCUT2D eigenvalue weighted by molar-refractivity contribution is 0.494. The van der Waals surface area contributed by atoms with E-state index in [0.29, 0.717) is 5.75 Å². The van der Waals surface area contributed by atoms with Crippen LogP contribution in [0.25, 0.3) is 0 Å². The highest BCUT2D eigenvalue weighted by Crippen LogP contribution is 2.33. The van der Waals surface area contributed by atoms with Crippen LogP contribution in [0.5, 0.6) is 0 Å². The average Bonchev–Trinajstić information content (AvgIpc) is 1.30. The van der Waals surface area contributed by atoms with E-state index in [1.54, 1.807) is 0 Å². The lowest BCUT2D eigenvalue weighted by Gasteiger charge is -2.25. The molecule has 2 nitrogen and oxygen atoms in total. The third-order valence-electron chi connectivity index (χ3n) is 0.591. The van der Waals surface area contributed by atoms with Gasteiger partial charge in [0.15, 0.2) is 0 Å². The Labute approximate surface area is 45.9 Å².